The van der Waals surface area contributed by atoms with Crippen LogP contribution in [0.5, 0.6) is 11.5 Å². The standard InChI is InChI=1S/C13H13N3O3/c17-12(16-13-14-5-6-15-13)4-2-9-1-3-10-11(7-9)19-8-18-10/h1,3,5-7H,2,4,8H2,(H2,14,15,16,17). The Balaban J connectivity index is 1.56. The van der Waals surface area contributed by atoms with E-state index in [1.807, 2.05) is 18.2 Å². The van der Waals surface area contributed by atoms with Crippen LogP contribution in [-0.2, 0) is 11.2 Å². The minimum atomic E-state index is -0.0763. The molecule has 6 heteroatoms. The lowest BCUT2D eigenvalue weighted by Gasteiger charge is -2.03. The Morgan fingerprint density at radius 2 is 2.26 bits per heavy atom. The van der Waals surface area contributed by atoms with Gasteiger partial charge in [0.05, 0.1) is 0 Å². The second-order valence-corrected chi connectivity index (χ2v) is 4.17. The molecular weight excluding hydrogens is 246 g/mol. The van der Waals surface area contributed by atoms with Gasteiger partial charge in [-0.25, -0.2) is 4.98 Å². The van der Waals surface area contributed by atoms with Gasteiger partial charge in [-0.2, -0.15) is 0 Å². The van der Waals surface area contributed by atoms with Crippen molar-refractivity contribution in [2.24, 2.45) is 0 Å². The van der Waals surface area contributed by atoms with Gasteiger partial charge in [0.25, 0.3) is 0 Å². The molecule has 19 heavy (non-hydrogen) atoms. The Hall–Kier alpha value is -2.50. The fourth-order valence-corrected chi connectivity index (χ4v) is 1.88. The van der Waals surface area contributed by atoms with E-state index >= 15 is 0 Å². The molecule has 1 aliphatic rings. The average molecular weight is 259 g/mol. The molecule has 1 aliphatic heterocycles. The molecule has 2 aromatic rings. The molecule has 6 nitrogen and oxygen atoms in total. The molecule has 1 amide bonds. The van der Waals surface area contributed by atoms with Crippen LogP contribution >= 0.6 is 0 Å². The zero-order valence-corrected chi connectivity index (χ0v) is 10.2. The van der Waals surface area contributed by atoms with Gasteiger partial charge in [0.15, 0.2) is 11.5 Å². The van der Waals surface area contributed by atoms with Crippen LogP contribution in [0, 0.1) is 0 Å². The van der Waals surface area contributed by atoms with Crippen molar-refractivity contribution in [3.8, 4) is 11.5 Å². The number of carbonyl (C=O) groups is 1. The van der Waals surface area contributed by atoms with Crippen molar-refractivity contribution >= 4 is 11.9 Å². The van der Waals surface area contributed by atoms with Gasteiger partial charge in [-0.05, 0) is 24.1 Å². The van der Waals surface area contributed by atoms with Crippen LogP contribution in [0.2, 0.25) is 0 Å². The number of rotatable bonds is 4. The molecule has 2 heterocycles. The fraction of sp³-hybridized carbons (Fsp3) is 0.231. The number of ether oxygens (including phenoxy) is 2. The number of imidazole rings is 1. The number of carbonyl (C=O) groups excluding carboxylic acids is 1. The molecule has 3 rings (SSSR count). The second-order valence-electron chi connectivity index (χ2n) is 4.17. The van der Waals surface area contributed by atoms with Crippen LogP contribution in [-0.4, -0.2) is 22.7 Å². The van der Waals surface area contributed by atoms with Crippen molar-refractivity contribution in [2.75, 3.05) is 12.1 Å². The number of amides is 1. The number of nitrogens with one attached hydrogen (secondary N) is 2. The summed E-state index contributed by atoms with van der Waals surface area (Å²) in [4.78, 5) is 18.4. The van der Waals surface area contributed by atoms with E-state index in [1.54, 1.807) is 12.4 Å². The number of aryl methyl sites for hydroxylation is 1. The Labute approximate surface area is 109 Å². The molecule has 0 saturated heterocycles. The lowest BCUT2D eigenvalue weighted by Crippen LogP contribution is -2.13. The monoisotopic (exact) mass is 259 g/mol. The summed E-state index contributed by atoms with van der Waals surface area (Å²) in [5.41, 5.74) is 1.04. The molecule has 98 valence electrons. The first-order chi connectivity index (χ1) is 9.31. The SMILES string of the molecule is O=C(CCc1ccc2c(c1)OCO2)Nc1ncc[nH]1. The highest BCUT2D eigenvalue weighted by molar-refractivity contribution is 5.89. The molecule has 0 unspecified atom stereocenters. The highest BCUT2D eigenvalue weighted by Gasteiger charge is 2.13. The Morgan fingerprint density at radius 3 is 3.11 bits per heavy atom. The van der Waals surface area contributed by atoms with Crippen LogP contribution in [0.1, 0.15) is 12.0 Å². The van der Waals surface area contributed by atoms with Crippen molar-refractivity contribution < 1.29 is 14.3 Å². The average Bonchev–Trinajstić information content (AvgIpc) is 3.06. The van der Waals surface area contributed by atoms with Gasteiger partial charge in [-0.3, -0.25) is 10.1 Å². The number of aromatic amines is 1. The highest BCUT2D eigenvalue weighted by atomic mass is 16.7. The normalized spacial score (nSPS) is 12.4. The largest absolute Gasteiger partial charge is 0.454 e. The van der Waals surface area contributed by atoms with Gasteiger partial charge in [-0.15, -0.1) is 0 Å². The minimum Gasteiger partial charge on any atom is -0.454 e. The number of aromatic nitrogens is 2. The molecule has 0 saturated carbocycles. The summed E-state index contributed by atoms with van der Waals surface area (Å²) in [7, 11) is 0. The van der Waals surface area contributed by atoms with Gasteiger partial charge >= 0.3 is 0 Å². The Bertz CT molecular complexity index is 581. The molecule has 0 bridgehead atoms. The lowest BCUT2D eigenvalue weighted by atomic mass is 10.1. The maximum atomic E-state index is 11.7. The third kappa shape index (κ3) is 2.67. The third-order valence-electron chi connectivity index (χ3n) is 2.83. The summed E-state index contributed by atoms with van der Waals surface area (Å²) in [6.45, 7) is 0.262. The van der Waals surface area contributed by atoms with Crippen molar-refractivity contribution in [3.05, 3.63) is 36.2 Å². The molecule has 0 fully saturated rings. The topological polar surface area (TPSA) is 76.2 Å². The van der Waals surface area contributed by atoms with Crippen LogP contribution in [0.15, 0.2) is 30.6 Å². The van der Waals surface area contributed by atoms with E-state index in [0.29, 0.717) is 18.8 Å². The Morgan fingerprint density at radius 1 is 1.37 bits per heavy atom. The van der Waals surface area contributed by atoms with Crippen LogP contribution in [0.4, 0.5) is 5.95 Å². The minimum absolute atomic E-state index is 0.0763. The third-order valence-corrected chi connectivity index (χ3v) is 2.83. The number of benzene rings is 1. The van der Waals surface area contributed by atoms with Crippen molar-refractivity contribution in [1.29, 1.82) is 0 Å². The van der Waals surface area contributed by atoms with Crippen LogP contribution in [0.25, 0.3) is 0 Å². The predicted octanol–water partition coefficient (Wildman–Crippen LogP) is 1.71. The summed E-state index contributed by atoms with van der Waals surface area (Å²) in [6.07, 6.45) is 4.28. The van der Waals surface area contributed by atoms with Gasteiger partial charge in [0.1, 0.15) is 0 Å². The maximum Gasteiger partial charge on any atom is 0.231 e. The summed E-state index contributed by atoms with van der Waals surface area (Å²) in [6, 6.07) is 5.71. The first-order valence-electron chi connectivity index (χ1n) is 5.99. The number of anilines is 1. The quantitative estimate of drug-likeness (QED) is 0.876. The predicted molar refractivity (Wildman–Crippen MR) is 68.1 cm³/mol. The van der Waals surface area contributed by atoms with Gasteiger partial charge < -0.3 is 14.5 Å². The number of fused-ring (bicyclic) bond motifs is 1. The number of hydrogen-bond acceptors (Lipinski definition) is 4. The first-order valence-corrected chi connectivity index (χ1v) is 5.99. The van der Waals surface area contributed by atoms with E-state index < -0.39 is 0 Å². The van der Waals surface area contributed by atoms with Crippen LogP contribution in [0.3, 0.4) is 0 Å². The van der Waals surface area contributed by atoms with Crippen molar-refractivity contribution in [3.63, 3.8) is 0 Å². The van der Waals surface area contributed by atoms with E-state index in [-0.39, 0.29) is 12.7 Å². The first kappa shape index (κ1) is 11.6. The zero-order chi connectivity index (χ0) is 13.1. The van der Waals surface area contributed by atoms with Crippen LogP contribution < -0.4 is 14.8 Å². The molecule has 0 spiro atoms. The zero-order valence-electron chi connectivity index (χ0n) is 10.2. The van der Waals surface area contributed by atoms with E-state index in [9.17, 15) is 4.79 Å². The summed E-state index contributed by atoms with van der Waals surface area (Å²) >= 11 is 0. The molecule has 0 aliphatic carbocycles. The molecule has 2 N–H and O–H groups in total. The van der Waals surface area contributed by atoms with Gasteiger partial charge in [0, 0.05) is 18.8 Å². The molecule has 0 atom stereocenters. The smallest absolute Gasteiger partial charge is 0.231 e. The number of H-pyrrole nitrogens is 1. The van der Waals surface area contributed by atoms with Crippen molar-refractivity contribution in [2.45, 2.75) is 12.8 Å². The summed E-state index contributed by atoms with van der Waals surface area (Å²) in [5, 5.41) is 2.68. The lowest BCUT2D eigenvalue weighted by molar-refractivity contribution is -0.116. The molecule has 1 aromatic carbocycles. The van der Waals surface area contributed by atoms with E-state index in [1.165, 1.54) is 0 Å². The van der Waals surface area contributed by atoms with Gasteiger partial charge in [-0.1, -0.05) is 6.07 Å². The Kier molecular flexibility index (Phi) is 3.06. The summed E-state index contributed by atoms with van der Waals surface area (Å²) < 4.78 is 10.5. The van der Waals surface area contributed by atoms with E-state index in [2.05, 4.69) is 15.3 Å². The number of hydrogen-bond donors (Lipinski definition) is 2. The number of nitrogens with zero attached hydrogens (tertiary/aromatic N) is 1. The van der Waals surface area contributed by atoms with Gasteiger partial charge in [0.2, 0.25) is 18.6 Å². The van der Waals surface area contributed by atoms with E-state index in [0.717, 1.165) is 17.1 Å². The van der Waals surface area contributed by atoms with E-state index in [4.69, 9.17) is 9.47 Å². The molecule has 1 aromatic heterocycles. The molecule has 0 radical (unpaired) electrons. The highest BCUT2D eigenvalue weighted by Crippen LogP contribution is 2.32. The second kappa shape index (κ2) is 5.01. The van der Waals surface area contributed by atoms with Crippen molar-refractivity contribution in [1.82, 2.24) is 9.97 Å². The maximum absolute atomic E-state index is 11.7. The fourth-order valence-electron chi connectivity index (χ4n) is 1.88. The summed E-state index contributed by atoms with van der Waals surface area (Å²) in [5.74, 6) is 1.89. The molecular formula is C13H13N3O3.